The van der Waals surface area contributed by atoms with Gasteiger partial charge in [-0.3, -0.25) is 0 Å². The van der Waals surface area contributed by atoms with Gasteiger partial charge in [-0.1, -0.05) is 19.3 Å². The standard InChI is InChI=1S/C14H24N2O/c1-2-5-11(6-3-1)13-10-17-14(16-13)12-7-4-8-15-9-12/h11-13,15H,1-10H2. The number of nitrogens with one attached hydrogen (secondary N) is 1. The van der Waals surface area contributed by atoms with E-state index in [2.05, 4.69) is 5.32 Å². The van der Waals surface area contributed by atoms with Crippen LogP contribution in [0.3, 0.4) is 0 Å². The van der Waals surface area contributed by atoms with Crippen LogP contribution in [-0.4, -0.2) is 31.6 Å². The predicted molar refractivity (Wildman–Crippen MR) is 69.3 cm³/mol. The van der Waals surface area contributed by atoms with Crippen LogP contribution in [0.2, 0.25) is 0 Å². The Morgan fingerprint density at radius 2 is 1.94 bits per heavy atom. The minimum absolute atomic E-state index is 0.479. The molecule has 2 unspecified atom stereocenters. The van der Waals surface area contributed by atoms with Gasteiger partial charge < -0.3 is 10.1 Å². The molecule has 3 nitrogen and oxygen atoms in total. The molecule has 0 bridgehead atoms. The van der Waals surface area contributed by atoms with Gasteiger partial charge in [0.1, 0.15) is 6.61 Å². The Kier molecular flexibility index (Phi) is 3.65. The molecule has 0 aromatic rings. The largest absolute Gasteiger partial charge is 0.478 e. The second-order valence-electron chi connectivity index (χ2n) is 5.79. The van der Waals surface area contributed by atoms with E-state index < -0.39 is 0 Å². The first-order chi connectivity index (χ1) is 8.43. The van der Waals surface area contributed by atoms with Gasteiger partial charge in [0, 0.05) is 12.5 Å². The third kappa shape index (κ3) is 2.65. The van der Waals surface area contributed by atoms with E-state index in [0.717, 1.165) is 31.5 Å². The molecule has 1 saturated heterocycles. The van der Waals surface area contributed by atoms with Crippen molar-refractivity contribution in [2.24, 2.45) is 16.8 Å². The summed E-state index contributed by atoms with van der Waals surface area (Å²) in [4.78, 5) is 4.89. The number of aliphatic imine (C=N–C) groups is 1. The van der Waals surface area contributed by atoms with Gasteiger partial charge in [0.05, 0.1) is 6.04 Å². The van der Waals surface area contributed by atoms with Crippen LogP contribution in [-0.2, 0) is 4.74 Å². The zero-order valence-electron chi connectivity index (χ0n) is 10.7. The highest BCUT2D eigenvalue weighted by molar-refractivity contribution is 5.80. The molecule has 3 rings (SSSR count). The third-order valence-electron chi connectivity index (χ3n) is 4.54. The second-order valence-corrected chi connectivity index (χ2v) is 5.79. The Morgan fingerprint density at radius 3 is 2.71 bits per heavy atom. The highest BCUT2D eigenvalue weighted by Crippen LogP contribution is 2.31. The van der Waals surface area contributed by atoms with Gasteiger partial charge >= 0.3 is 0 Å². The molecule has 3 aliphatic rings. The van der Waals surface area contributed by atoms with Crippen LogP contribution in [0.1, 0.15) is 44.9 Å². The van der Waals surface area contributed by atoms with E-state index >= 15 is 0 Å². The highest BCUT2D eigenvalue weighted by Gasteiger charge is 2.32. The van der Waals surface area contributed by atoms with Crippen molar-refractivity contribution in [2.45, 2.75) is 51.0 Å². The summed E-state index contributed by atoms with van der Waals surface area (Å²) in [6.45, 7) is 3.09. The van der Waals surface area contributed by atoms with Crippen molar-refractivity contribution < 1.29 is 4.74 Å². The van der Waals surface area contributed by atoms with E-state index in [1.165, 1.54) is 44.9 Å². The summed E-state index contributed by atoms with van der Waals surface area (Å²) in [5.41, 5.74) is 0. The summed E-state index contributed by atoms with van der Waals surface area (Å²) in [5.74, 6) is 2.42. The predicted octanol–water partition coefficient (Wildman–Crippen LogP) is 2.36. The zero-order valence-corrected chi connectivity index (χ0v) is 10.7. The minimum atomic E-state index is 0.479. The van der Waals surface area contributed by atoms with Crippen molar-refractivity contribution in [3.05, 3.63) is 0 Å². The summed E-state index contributed by atoms with van der Waals surface area (Å²) in [5, 5.41) is 3.45. The molecule has 17 heavy (non-hydrogen) atoms. The maximum absolute atomic E-state index is 5.87. The van der Waals surface area contributed by atoms with E-state index in [4.69, 9.17) is 9.73 Å². The van der Waals surface area contributed by atoms with E-state index in [9.17, 15) is 0 Å². The van der Waals surface area contributed by atoms with Crippen molar-refractivity contribution >= 4 is 5.90 Å². The first kappa shape index (κ1) is 11.5. The van der Waals surface area contributed by atoms with Gasteiger partial charge in [0.15, 0.2) is 5.90 Å². The van der Waals surface area contributed by atoms with Crippen LogP contribution in [0.25, 0.3) is 0 Å². The van der Waals surface area contributed by atoms with Crippen LogP contribution >= 0.6 is 0 Å². The van der Waals surface area contributed by atoms with Crippen molar-refractivity contribution in [2.75, 3.05) is 19.7 Å². The van der Waals surface area contributed by atoms with Crippen molar-refractivity contribution in [1.82, 2.24) is 5.32 Å². The fraction of sp³-hybridized carbons (Fsp3) is 0.929. The molecule has 0 spiro atoms. The summed E-state index contributed by atoms with van der Waals surface area (Å²) in [7, 11) is 0. The quantitative estimate of drug-likeness (QED) is 0.798. The van der Waals surface area contributed by atoms with Crippen LogP contribution in [0.4, 0.5) is 0 Å². The molecule has 0 radical (unpaired) electrons. The molecule has 1 aliphatic carbocycles. The molecule has 2 fully saturated rings. The van der Waals surface area contributed by atoms with Crippen LogP contribution in [0.15, 0.2) is 4.99 Å². The number of nitrogens with zero attached hydrogens (tertiary/aromatic N) is 1. The van der Waals surface area contributed by atoms with Crippen LogP contribution in [0.5, 0.6) is 0 Å². The second kappa shape index (κ2) is 5.38. The molecular weight excluding hydrogens is 212 g/mol. The Bertz CT molecular complexity index is 278. The molecule has 1 N–H and O–H groups in total. The number of piperidine rings is 1. The lowest BCUT2D eigenvalue weighted by atomic mass is 9.84. The molecule has 2 aliphatic heterocycles. The SMILES string of the molecule is C1CCC(C2COC(C3CCCNC3)=N2)CC1. The molecule has 0 aromatic heterocycles. The van der Waals surface area contributed by atoms with Crippen LogP contribution < -0.4 is 5.32 Å². The smallest absolute Gasteiger partial charge is 0.188 e. The maximum atomic E-state index is 5.87. The Balaban J connectivity index is 1.59. The van der Waals surface area contributed by atoms with Gasteiger partial charge in [-0.2, -0.15) is 0 Å². The van der Waals surface area contributed by atoms with Gasteiger partial charge in [0.25, 0.3) is 0 Å². The number of hydrogen-bond donors (Lipinski definition) is 1. The first-order valence-corrected chi connectivity index (χ1v) is 7.34. The first-order valence-electron chi connectivity index (χ1n) is 7.34. The molecule has 0 aromatic carbocycles. The van der Waals surface area contributed by atoms with Gasteiger partial charge in [-0.25, -0.2) is 4.99 Å². The molecule has 2 heterocycles. The van der Waals surface area contributed by atoms with E-state index in [1.807, 2.05) is 0 Å². The number of hydrogen-bond acceptors (Lipinski definition) is 3. The van der Waals surface area contributed by atoms with Crippen LogP contribution in [0, 0.1) is 11.8 Å². The fourth-order valence-electron chi connectivity index (χ4n) is 3.46. The molecule has 1 saturated carbocycles. The van der Waals surface area contributed by atoms with Gasteiger partial charge in [-0.15, -0.1) is 0 Å². The number of rotatable bonds is 2. The Hall–Kier alpha value is -0.570. The van der Waals surface area contributed by atoms with Gasteiger partial charge in [0.2, 0.25) is 0 Å². The summed E-state index contributed by atoms with van der Waals surface area (Å²) < 4.78 is 5.87. The minimum Gasteiger partial charge on any atom is -0.478 e. The summed E-state index contributed by atoms with van der Waals surface area (Å²) in [6, 6.07) is 0.479. The molecular formula is C14H24N2O. The van der Waals surface area contributed by atoms with E-state index in [-0.39, 0.29) is 0 Å². The van der Waals surface area contributed by atoms with Crippen molar-refractivity contribution in [3.63, 3.8) is 0 Å². The zero-order chi connectivity index (χ0) is 11.5. The normalized spacial score (nSPS) is 35.4. The molecule has 2 atom stereocenters. The highest BCUT2D eigenvalue weighted by atomic mass is 16.5. The maximum Gasteiger partial charge on any atom is 0.188 e. The lowest BCUT2D eigenvalue weighted by molar-refractivity contribution is 0.231. The third-order valence-corrected chi connectivity index (χ3v) is 4.54. The summed E-state index contributed by atoms with van der Waals surface area (Å²) >= 11 is 0. The van der Waals surface area contributed by atoms with Crippen molar-refractivity contribution in [3.8, 4) is 0 Å². The Morgan fingerprint density at radius 1 is 1.06 bits per heavy atom. The lowest BCUT2D eigenvalue weighted by Gasteiger charge is -2.24. The fourth-order valence-corrected chi connectivity index (χ4v) is 3.46. The monoisotopic (exact) mass is 236 g/mol. The topological polar surface area (TPSA) is 33.6 Å². The lowest BCUT2D eigenvalue weighted by Crippen LogP contribution is -2.34. The molecule has 0 amide bonds. The van der Waals surface area contributed by atoms with Crippen molar-refractivity contribution in [1.29, 1.82) is 0 Å². The van der Waals surface area contributed by atoms with Gasteiger partial charge in [-0.05, 0) is 38.1 Å². The van der Waals surface area contributed by atoms with E-state index in [0.29, 0.717) is 12.0 Å². The Labute approximate surface area is 104 Å². The molecule has 96 valence electrons. The summed E-state index contributed by atoms with van der Waals surface area (Å²) in [6.07, 6.45) is 9.48. The van der Waals surface area contributed by atoms with E-state index in [1.54, 1.807) is 0 Å². The molecule has 3 heteroatoms. The average molecular weight is 236 g/mol. The average Bonchev–Trinajstić information content (AvgIpc) is 2.90. The number of ether oxygens (including phenoxy) is 1.